The number of halogens is 1. The van der Waals surface area contributed by atoms with E-state index in [4.69, 9.17) is 9.47 Å². The van der Waals surface area contributed by atoms with Gasteiger partial charge in [-0.1, -0.05) is 28.1 Å². The second-order valence-electron chi connectivity index (χ2n) is 6.77. The number of benzene rings is 1. The van der Waals surface area contributed by atoms with Crippen LogP contribution in [-0.4, -0.2) is 48.9 Å². The molecule has 0 bridgehead atoms. The van der Waals surface area contributed by atoms with Crippen molar-refractivity contribution in [3.63, 3.8) is 0 Å². The third kappa shape index (κ3) is 5.48. The first-order valence-electron chi connectivity index (χ1n) is 7.77. The van der Waals surface area contributed by atoms with E-state index in [-0.39, 0.29) is 18.2 Å². The molecule has 0 saturated carbocycles. The third-order valence-corrected chi connectivity index (χ3v) is 4.23. The van der Waals surface area contributed by atoms with Gasteiger partial charge in [0.2, 0.25) is 0 Å². The minimum Gasteiger partial charge on any atom is -0.444 e. The average molecular weight is 385 g/mol. The second kappa shape index (κ2) is 7.64. The van der Waals surface area contributed by atoms with Crippen LogP contribution in [0.3, 0.4) is 0 Å². The molecule has 1 aliphatic rings. The summed E-state index contributed by atoms with van der Waals surface area (Å²) in [4.78, 5) is 13.9. The largest absolute Gasteiger partial charge is 0.444 e. The molecular weight excluding hydrogens is 360 g/mol. The summed E-state index contributed by atoms with van der Waals surface area (Å²) >= 11 is 3.43. The molecule has 1 saturated heterocycles. The molecule has 6 heteroatoms. The highest BCUT2D eigenvalue weighted by atomic mass is 79.9. The SMILES string of the molecule is CO[C@H]1CN(C(=O)OC(C)(C)C)CC1NCc1ccc(Br)cc1. The molecule has 1 aromatic rings. The number of carbonyl (C=O) groups is 1. The second-order valence-corrected chi connectivity index (χ2v) is 7.69. The molecule has 1 unspecified atom stereocenters. The van der Waals surface area contributed by atoms with E-state index in [1.807, 2.05) is 32.9 Å². The third-order valence-electron chi connectivity index (χ3n) is 3.70. The number of hydrogen-bond acceptors (Lipinski definition) is 4. The van der Waals surface area contributed by atoms with E-state index in [9.17, 15) is 4.79 Å². The van der Waals surface area contributed by atoms with Crippen LogP contribution >= 0.6 is 15.9 Å². The molecule has 128 valence electrons. The lowest BCUT2D eigenvalue weighted by Crippen LogP contribution is -2.40. The molecule has 1 aromatic carbocycles. The van der Waals surface area contributed by atoms with Gasteiger partial charge in [-0.3, -0.25) is 0 Å². The molecule has 1 N–H and O–H groups in total. The Hall–Kier alpha value is -1.11. The maximum absolute atomic E-state index is 12.2. The Morgan fingerprint density at radius 3 is 2.52 bits per heavy atom. The summed E-state index contributed by atoms with van der Waals surface area (Å²) in [5.74, 6) is 0. The monoisotopic (exact) mass is 384 g/mol. The lowest BCUT2D eigenvalue weighted by atomic mass is 10.2. The van der Waals surface area contributed by atoms with Crippen LogP contribution in [0.4, 0.5) is 4.79 Å². The highest BCUT2D eigenvalue weighted by Gasteiger charge is 2.37. The Labute approximate surface area is 146 Å². The van der Waals surface area contributed by atoms with Crippen LogP contribution in [0.1, 0.15) is 26.3 Å². The van der Waals surface area contributed by atoms with Crippen molar-refractivity contribution in [2.75, 3.05) is 20.2 Å². The van der Waals surface area contributed by atoms with Crippen LogP contribution in [0, 0.1) is 0 Å². The van der Waals surface area contributed by atoms with Gasteiger partial charge in [0, 0.05) is 24.7 Å². The fourth-order valence-electron chi connectivity index (χ4n) is 2.54. The van der Waals surface area contributed by atoms with E-state index in [1.54, 1.807) is 12.0 Å². The number of nitrogens with zero attached hydrogens (tertiary/aromatic N) is 1. The first-order chi connectivity index (χ1) is 10.8. The number of carbonyl (C=O) groups excluding carboxylic acids is 1. The van der Waals surface area contributed by atoms with E-state index >= 15 is 0 Å². The topological polar surface area (TPSA) is 50.8 Å². The van der Waals surface area contributed by atoms with Crippen molar-refractivity contribution in [3.8, 4) is 0 Å². The van der Waals surface area contributed by atoms with E-state index < -0.39 is 5.60 Å². The van der Waals surface area contributed by atoms with Crippen molar-refractivity contribution in [2.45, 2.75) is 45.1 Å². The van der Waals surface area contributed by atoms with Gasteiger partial charge in [0.1, 0.15) is 5.60 Å². The summed E-state index contributed by atoms with van der Waals surface area (Å²) in [7, 11) is 1.68. The lowest BCUT2D eigenvalue weighted by molar-refractivity contribution is 0.0252. The molecule has 0 radical (unpaired) electrons. The van der Waals surface area contributed by atoms with E-state index in [0.29, 0.717) is 13.1 Å². The molecule has 1 fully saturated rings. The number of amides is 1. The quantitative estimate of drug-likeness (QED) is 0.865. The standard InChI is InChI=1S/C17H25BrN2O3/c1-17(2,3)23-16(21)20-10-14(15(11-20)22-4)19-9-12-5-7-13(18)8-6-12/h5-8,14-15,19H,9-11H2,1-4H3/t14?,15-/m0/s1. The zero-order valence-corrected chi connectivity index (χ0v) is 15.7. The molecule has 23 heavy (non-hydrogen) atoms. The maximum Gasteiger partial charge on any atom is 0.410 e. The Morgan fingerprint density at radius 1 is 1.30 bits per heavy atom. The summed E-state index contributed by atoms with van der Waals surface area (Å²) in [5.41, 5.74) is 0.710. The van der Waals surface area contributed by atoms with Crippen LogP contribution in [-0.2, 0) is 16.0 Å². The summed E-state index contributed by atoms with van der Waals surface area (Å²) < 4.78 is 12.0. The molecule has 2 rings (SSSR count). The molecule has 0 aromatic heterocycles. The van der Waals surface area contributed by atoms with Crippen molar-refractivity contribution >= 4 is 22.0 Å². The first kappa shape index (κ1) is 18.2. The van der Waals surface area contributed by atoms with E-state index in [0.717, 1.165) is 11.0 Å². The Morgan fingerprint density at radius 2 is 1.96 bits per heavy atom. The normalized spacial score (nSPS) is 21.5. The Balaban J connectivity index is 1.91. The summed E-state index contributed by atoms with van der Waals surface area (Å²) in [6, 6.07) is 8.27. The zero-order chi connectivity index (χ0) is 17.0. The highest BCUT2D eigenvalue weighted by Crippen LogP contribution is 2.18. The van der Waals surface area contributed by atoms with Gasteiger partial charge >= 0.3 is 6.09 Å². The number of hydrogen-bond donors (Lipinski definition) is 1. The van der Waals surface area contributed by atoms with Crippen molar-refractivity contribution in [2.24, 2.45) is 0 Å². The van der Waals surface area contributed by atoms with Crippen LogP contribution < -0.4 is 5.32 Å². The highest BCUT2D eigenvalue weighted by molar-refractivity contribution is 9.10. The molecule has 0 aliphatic carbocycles. The van der Waals surface area contributed by atoms with E-state index in [1.165, 1.54) is 5.56 Å². The van der Waals surface area contributed by atoms with Crippen molar-refractivity contribution < 1.29 is 14.3 Å². The van der Waals surface area contributed by atoms with Crippen molar-refractivity contribution in [1.82, 2.24) is 10.2 Å². The van der Waals surface area contributed by atoms with Gasteiger partial charge in [-0.15, -0.1) is 0 Å². The van der Waals surface area contributed by atoms with E-state index in [2.05, 4.69) is 33.4 Å². The molecule has 2 atom stereocenters. The fraction of sp³-hybridized carbons (Fsp3) is 0.588. The average Bonchev–Trinajstić information content (AvgIpc) is 2.88. The van der Waals surface area contributed by atoms with Gasteiger partial charge in [0.15, 0.2) is 0 Å². The molecule has 5 nitrogen and oxygen atoms in total. The molecule has 0 spiro atoms. The summed E-state index contributed by atoms with van der Waals surface area (Å²) in [6.07, 6.45) is -0.314. The van der Waals surface area contributed by atoms with Crippen LogP contribution in [0.2, 0.25) is 0 Å². The van der Waals surface area contributed by atoms with Crippen LogP contribution in [0.5, 0.6) is 0 Å². The smallest absolute Gasteiger partial charge is 0.410 e. The lowest BCUT2D eigenvalue weighted by Gasteiger charge is -2.24. The predicted octanol–water partition coefficient (Wildman–Crippen LogP) is 3.17. The molecule has 1 amide bonds. The van der Waals surface area contributed by atoms with Crippen LogP contribution in [0.25, 0.3) is 0 Å². The fourth-order valence-corrected chi connectivity index (χ4v) is 2.80. The summed E-state index contributed by atoms with van der Waals surface area (Å²) in [6.45, 7) is 7.49. The molecule has 1 heterocycles. The molecular formula is C17H25BrN2O3. The van der Waals surface area contributed by atoms with Gasteiger partial charge < -0.3 is 19.7 Å². The van der Waals surface area contributed by atoms with Gasteiger partial charge in [-0.2, -0.15) is 0 Å². The number of nitrogens with one attached hydrogen (secondary N) is 1. The van der Waals surface area contributed by atoms with Gasteiger partial charge in [0.05, 0.1) is 18.7 Å². The first-order valence-corrected chi connectivity index (χ1v) is 8.56. The number of methoxy groups -OCH3 is 1. The number of rotatable bonds is 4. The summed E-state index contributed by atoms with van der Waals surface area (Å²) in [5, 5.41) is 3.48. The predicted molar refractivity (Wildman–Crippen MR) is 93.4 cm³/mol. The number of likely N-dealkylation sites (tertiary alicyclic amines) is 1. The minimum absolute atomic E-state index is 0.0297. The zero-order valence-electron chi connectivity index (χ0n) is 14.1. The van der Waals surface area contributed by atoms with Gasteiger partial charge in [0.25, 0.3) is 0 Å². The van der Waals surface area contributed by atoms with Gasteiger partial charge in [-0.05, 0) is 38.5 Å². The maximum atomic E-state index is 12.2. The molecule has 1 aliphatic heterocycles. The Kier molecular flexibility index (Phi) is 6.06. The van der Waals surface area contributed by atoms with Crippen LogP contribution in [0.15, 0.2) is 28.7 Å². The Bertz CT molecular complexity index is 528. The van der Waals surface area contributed by atoms with Crippen molar-refractivity contribution in [3.05, 3.63) is 34.3 Å². The minimum atomic E-state index is -0.484. The number of ether oxygens (including phenoxy) is 2. The van der Waals surface area contributed by atoms with Gasteiger partial charge in [-0.25, -0.2) is 4.79 Å². The van der Waals surface area contributed by atoms with Crippen molar-refractivity contribution in [1.29, 1.82) is 0 Å².